The first-order chi connectivity index (χ1) is 10.6. The van der Waals surface area contributed by atoms with E-state index >= 15 is 0 Å². The summed E-state index contributed by atoms with van der Waals surface area (Å²) in [4.78, 5) is 23.0. The third-order valence-corrected chi connectivity index (χ3v) is 3.03. The summed E-state index contributed by atoms with van der Waals surface area (Å²) in [6.07, 6.45) is 2.90. The fourth-order valence-corrected chi connectivity index (χ4v) is 1.79. The normalized spacial score (nSPS) is 10.5. The highest BCUT2D eigenvalue weighted by atomic mass is 35.5. The molecule has 0 spiro atoms. The number of ether oxygens (including phenoxy) is 2. The summed E-state index contributed by atoms with van der Waals surface area (Å²) in [6, 6.07) is 13.2. The molecule has 22 heavy (non-hydrogen) atoms. The molecule has 0 aromatic heterocycles. The van der Waals surface area contributed by atoms with Crippen LogP contribution < -0.4 is 4.74 Å². The standard InChI is InChI=1S/C17H13ClO4/c1-21-17(20)13-5-2-12(3-6-13)4-11-16(19)22-15-9-7-14(18)8-10-15/h2-11H,1H3/b11-4+. The van der Waals surface area contributed by atoms with E-state index in [1.54, 1.807) is 54.6 Å². The Kier molecular flexibility index (Phi) is 5.33. The number of benzene rings is 2. The van der Waals surface area contributed by atoms with Crippen molar-refractivity contribution < 1.29 is 19.1 Å². The average molecular weight is 317 g/mol. The minimum Gasteiger partial charge on any atom is -0.465 e. The third kappa shape index (κ3) is 4.46. The van der Waals surface area contributed by atoms with Crippen LogP contribution in [0.3, 0.4) is 0 Å². The Labute approximate surface area is 132 Å². The number of carbonyl (C=O) groups excluding carboxylic acids is 2. The van der Waals surface area contributed by atoms with Gasteiger partial charge in [0.25, 0.3) is 0 Å². The monoisotopic (exact) mass is 316 g/mol. The van der Waals surface area contributed by atoms with Crippen LogP contribution >= 0.6 is 11.6 Å². The van der Waals surface area contributed by atoms with Gasteiger partial charge >= 0.3 is 11.9 Å². The zero-order chi connectivity index (χ0) is 15.9. The highest BCUT2D eigenvalue weighted by molar-refractivity contribution is 6.30. The molecule has 0 aliphatic carbocycles. The van der Waals surface area contributed by atoms with Crippen LogP contribution in [0.25, 0.3) is 6.08 Å². The fraction of sp³-hybridized carbons (Fsp3) is 0.0588. The average Bonchev–Trinajstić information content (AvgIpc) is 2.55. The van der Waals surface area contributed by atoms with Crippen molar-refractivity contribution in [2.75, 3.05) is 7.11 Å². The van der Waals surface area contributed by atoms with E-state index < -0.39 is 11.9 Å². The molecule has 0 aliphatic heterocycles. The number of carbonyl (C=O) groups is 2. The van der Waals surface area contributed by atoms with Gasteiger partial charge in [-0.2, -0.15) is 0 Å². The van der Waals surface area contributed by atoms with Gasteiger partial charge in [0.05, 0.1) is 12.7 Å². The molecule has 0 atom stereocenters. The summed E-state index contributed by atoms with van der Waals surface area (Å²) in [7, 11) is 1.32. The zero-order valence-corrected chi connectivity index (χ0v) is 12.5. The van der Waals surface area contributed by atoms with E-state index in [9.17, 15) is 9.59 Å². The Morgan fingerprint density at radius 2 is 1.64 bits per heavy atom. The van der Waals surface area contributed by atoms with Crippen LogP contribution in [-0.2, 0) is 9.53 Å². The Bertz CT molecular complexity index is 688. The second-order valence-electron chi connectivity index (χ2n) is 4.32. The number of halogens is 1. The molecule has 0 aliphatic rings. The molecule has 0 fully saturated rings. The molecule has 0 N–H and O–H groups in total. The van der Waals surface area contributed by atoms with Crippen molar-refractivity contribution in [1.29, 1.82) is 0 Å². The van der Waals surface area contributed by atoms with Crippen LogP contribution in [-0.4, -0.2) is 19.0 Å². The lowest BCUT2D eigenvalue weighted by molar-refractivity contribution is -0.128. The SMILES string of the molecule is COC(=O)c1ccc(/C=C/C(=O)Oc2ccc(Cl)cc2)cc1. The largest absolute Gasteiger partial charge is 0.465 e. The van der Waals surface area contributed by atoms with Crippen molar-refractivity contribution in [2.45, 2.75) is 0 Å². The number of esters is 2. The maximum absolute atomic E-state index is 11.7. The molecule has 2 rings (SSSR count). The van der Waals surface area contributed by atoms with E-state index in [4.69, 9.17) is 16.3 Å². The predicted octanol–water partition coefficient (Wildman–Crippen LogP) is 3.75. The number of hydrogen-bond donors (Lipinski definition) is 0. The van der Waals surface area contributed by atoms with E-state index in [1.165, 1.54) is 13.2 Å². The Hall–Kier alpha value is -2.59. The molecule has 0 amide bonds. The molecule has 0 radical (unpaired) electrons. The van der Waals surface area contributed by atoms with Gasteiger partial charge in [-0.05, 0) is 48.0 Å². The first-order valence-corrected chi connectivity index (χ1v) is 6.80. The van der Waals surface area contributed by atoms with Gasteiger partial charge in [0, 0.05) is 11.1 Å². The molecule has 0 saturated heterocycles. The van der Waals surface area contributed by atoms with Crippen molar-refractivity contribution in [3.63, 3.8) is 0 Å². The number of rotatable bonds is 4. The maximum atomic E-state index is 11.7. The fourth-order valence-electron chi connectivity index (χ4n) is 1.67. The maximum Gasteiger partial charge on any atom is 0.337 e. The summed E-state index contributed by atoms with van der Waals surface area (Å²) >= 11 is 5.75. The van der Waals surface area contributed by atoms with Crippen LogP contribution in [0.4, 0.5) is 0 Å². The van der Waals surface area contributed by atoms with Crippen molar-refractivity contribution in [2.24, 2.45) is 0 Å². The first-order valence-electron chi connectivity index (χ1n) is 6.42. The lowest BCUT2D eigenvalue weighted by atomic mass is 10.1. The van der Waals surface area contributed by atoms with Crippen LogP contribution in [0.15, 0.2) is 54.6 Å². The smallest absolute Gasteiger partial charge is 0.337 e. The van der Waals surface area contributed by atoms with E-state index in [1.807, 2.05) is 0 Å². The summed E-state index contributed by atoms with van der Waals surface area (Å²) in [5, 5.41) is 0.570. The Morgan fingerprint density at radius 1 is 1.00 bits per heavy atom. The van der Waals surface area contributed by atoms with Crippen molar-refractivity contribution >= 4 is 29.6 Å². The molecular weight excluding hydrogens is 304 g/mol. The van der Waals surface area contributed by atoms with Gasteiger partial charge in [-0.15, -0.1) is 0 Å². The number of hydrogen-bond acceptors (Lipinski definition) is 4. The molecule has 5 heteroatoms. The molecule has 0 unspecified atom stereocenters. The summed E-state index contributed by atoms with van der Waals surface area (Å²) in [5.41, 5.74) is 1.21. The van der Waals surface area contributed by atoms with Crippen LogP contribution in [0, 0.1) is 0 Å². The molecule has 2 aromatic carbocycles. The lowest BCUT2D eigenvalue weighted by Crippen LogP contribution is -2.03. The number of methoxy groups -OCH3 is 1. The molecule has 4 nitrogen and oxygen atoms in total. The summed E-state index contributed by atoms with van der Waals surface area (Å²) in [6.45, 7) is 0. The van der Waals surface area contributed by atoms with E-state index in [2.05, 4.69) is 4.74 Å². The second-order valence-corrected chi connectivity index (χ2v) is 4.76. The van der Waals surface area contributed by atoms with E-state index in [-0.39, 0.29) is 0 Å². The van der Waals surface area contributed by atoms with Crippen LogP contribution in [0.1, 0.15) is 15.9 Å². The van der Waals surface area contributed by atoms with Gasteiger partial charge in [-0.1, -0.05) is 23.7 Å². The lowest BCUT2D eigenvalue weighted by Gasteiger charge is -2.01. The molecule has 112 valence electrons. The van der Waals surface area contributed by atoms with E-state index in [0.717, 1.165) is 5.56 Å². The molecule has 0 saturated carbocycles. The second kappa shape index (κ2) is 7.43. The van der Waals surface area contributed by atoms with Gasteiger partial charge in [0.2, 0.25) is 0 Å². The summed E-state index contributed by atoms with van der Waals surface area (Å²) < 4.78 is 9.72. The van der Waals surface area contributed by atoms with Gasteiger partial charge in [-0.25, -0.2) is 9.59 Å². The highest BCUT2D eigenvalue weighted by Crippen LogP contribution is 2.16. The molecule has 0 heterocycles. The zero-order valence-electron chi connectivity index (χ0n) is 11.8. The highest BCUT2D eigenvalue weighted by Gasteiger charge is 2.04. The topological polar surface area (TPSA) is 52.6 Å². The molecule has 0 bridgehead atoms. The van der Waals surface area contributed by atoms with Gasteiger partial charge < -0.3 is 9.47 Å². The minimum absolute atomic E-state index is 0.405. The molecular formula is C17H13ClO4. The van der Waals surface area contributed by atoms with Crippen molar-refractivity contribution in [3.8, 4) is 5.75 Å². The van der Waals surface area contributed by atoms with Crippen LogP contribution in [0.2, 0.25) is 5.02 Å². The van der Waals surface area contributed by atoms with Gasteiger partial charge in [-0.3, -0.25) is 0 Å². The third-order valence-electron chi connectivity index (χ3n) is 2.78. The predicted molar refractivity (Wildman–Crippen MR) is 83.9 cm³/mol. The van der Waals surface area contributed by atoms with Gasteiger partial charge in [0.1, 0.15) is 5.75 Å². The minimum atomic E-state index is -0.501. The quantitative estimate of drug-likeness (QED) is 0.490. The van der Waals surface area contributed by atoms with Crippen molar-refractivity contribution in [1.82, 2.24) is 0 Å². The van der Waals surface area contributed by atoms with E-state index in [0.29, 0.717) is 16.3 Å². The van der Waals surface area contributed by atoms with Crippen molar-refractivity contribution in [3.05, 3.63) is 70.8 Å². The van der Waals surface area contributed by atoms with Crippen LogP contribution in [0.5, 0.6) is 5.75 Å². The first kappa shape index (κ1) is 15.8. The Morgan fingerprint density at radius 3 is 2.23 bits per heavy atom. The van der Waals surface area contributed by atoms with Gasteiger partial charge in [0.15, 0.2) is 0 Å². The summed E-state index contributed by atoms with van der Waals surface area (Å²) in [5.74, 6) is -0.489. The molecule has 2 aromatic rings. The Balaban J connectivity index is 1.97.